The topological polar surface area (TPSA) is 339 Å². The number of rotatable bonds is 17. The number of carbonyl (C=O) groups excluding carboxylic acids is 5. The number of cyclic esters (lactones) is 2. The van der Waals surface area contributed by atoms with Gasteiger partial charge >= 0.3 is 23.9 Å². The number of carboxylic acid groups (broad SMARTS) is 1. The third-order valence-corrected chi connectivity index (χ3v) is 10.7. The van der Waals surface area contributed by atoms with E-state index in [-0.39, 0.29) is 44.9 Å². The molecule has 0 aromatic heterocycles. The number of phenols is 2. The molecular formula is C48H52N2O19. The molecule has 2 aliphatic heterocycles. The largest absolute Gasteiger partial charge is 0.507 e. The summed E-state index contributed by atoms with van der Waals surface area (Å²) in [5, 5.41) is 94.0. The number of phenolic OH excluding ortho intramolecular Hbond substituents is 2. The first-order valence-electron chi connectivity index (χ1n) is 21.2. The van der Waals surface area contributed by atoms with Crippen LogP contribution in [-0.2, 0) is 23.8 Å². The van der Waals surface area contributed by atoms with Gasteiger partial charge in [0.25, 0.3) is 0 Å². The van der Waals surface area contributed by atoms with Crippen molar-refractivity contribution in [3.8, 4) is 11.5 Å². The van der Waals surface area contributed by atoms with Crippen LogP contribution >= 0.6 is 0 Å². The summed E-state index contributed by atoms with van der Waals surface area (Å²) in [4.78, 5) is 75.4. The van der Waals surface area contributed by atoms with Crippen LogP contribution in [0.1, 0.15) is 80.3 Å². The number of nitrogens with zero attached hydrogens (tertiary/aromatic N) is 2. The molecule has 2 heterocycles. The van der Waals surface area contributed by atoms with E-state index in [0.29, 0.717) is 0 Å². The Labute approximate surface area is 394 Å². The molecule has 6 rings (SSSR count). The molecule has 0 spiro atoms. The molecular weight excluding hydrogens is 909 g/mol. The lowest BCUT2D eigenvalue weighted by molar-refractivity contribution is -0.148. The first kappa shape index (κ1) is 53.5. The predicted molar refractivity (Wildman–Crippen MR) is 244 cm³/mol. The normalized spacial score (nSPS) is 15.9. The Morgan fingerprint density at radius 3 is 1.29 bits per heavy atom. The quantitative estimate of drug-likeness (QED) is 0.0406. The fraction of sp³-hybridized carbons (Fsp3) is 0.292. The minimum Gasteiger partial charge on any atom is -0.507 e. The van der Waals surface area contributed by atoms with Crippen molar-refractivity contribution in [1.82, 2.24) is 0 Å². The average molecular weight is 961 g/mol. The highest BCUT2D eigenvalue weighted by Crippen LogP contribution is 2.30. The van der Waals surface area contributed by atoms with E-state index in [1.807, 2.05) is 37.5 Å². The zero-order valence-electron chi connectivity index (χ0n) is 37.7. The van der Waals surface area contributed by atoms with E-state index in [2.05, 4.69) is 9.47 Å². The molecule has 4 aromatic carbocycles. The van der Waals surface area contributed by atoms with Gasteiger partial charge in [-0.25, -0.2) is 19.2 Å². The monoisotopic (exact) mass is 960 g/mol. The van der Waals surface area contributed by atoms with E-state index in [0.717, 1.165) is 37.6 Å². The average Bonchev–Trinajstić information content (AvgIpc) is 3.77. The number of aliphatic hydroxyl groups is 7. The number of esters is 3. The Bertz CT molecular complexity index is 2620. The van der Waals surface area contributed by atoms with Crippen molar-refractivity contribution in [1.29, 1.82) is 0 Å². The number of carboxylic acids is 1. The number of aromatic carboxylic acids is 1. The highest BCUT2D eigenvalue weighted by atomic mass is 16.6. The van der Waals surface area contributed by atoms with Gasteiger partial charge in [-0.1, -0.05) is 36.4 Å². The van der Waals surface area contributed by atoms with E-state index in [1.54, 1.807) is 30.3 Å². The Kier molecular flexibility index (Phi) is 18.6. The van der Waals surface area contributed by atoms with Gasteiger partial charge in [0, 0.05) is 60.8 Å². The van der Waals surface area contributed by atoms with Crippen molar-refractivity contribution in [2.75, 3.05) is 49.2 Å². The number of anilines is 2. The number of ether oxygens (including phenoxy) is 3. The molecule has 0 fully saturated rings. The summed E-state index contributed by atoms with van der Waals surface area (Å²) in [7, 11) is 0. The number of aromatic hydroxyl groups is 2. The summed E-state index contributed by atoms with van der Waals surface area (Å²) in [6, 6.07) is 21.3. The number of carbonyl (C=O) groups is 6. The molecule has 10 N–H and O–H groups in total. The molecule has 21 heteroatoms. The Morgan fingerprint density at radius 2 is 0.942 bits per heavy atom. The van der Waals surface area contributed by atoms with Crippen LogP contribution in [0.15, 0.2) is 108 Å². The van der Waals surface area contributed by atoms with Gasteiger partial charge in [0.15, 0.2) is 35.3 Å². The van der Waals surface area contributed by atoms with Crippen molar-refractivity contribution in [3.63, 3.8) is 0 Å². The lowest BCUT2D eigenvalue weighted by atomic mass is 9.97. The molecule has 0 radical (unpaired) electrons. The molecule has 2 aliphatic rings. The SMILES string of the molecule is CCN(CC)c1ccc(C(=O)c2ccccc2C(=O)O)c(O)c1.CCN(CC)c1ccc(C(=O)c2ccccc2C(=O)OCC(O)C2OC(=O)C(O)=C2O)c(O)c1.O=C1OC(C(O)CO)C(O)=C1O. The van der Waals surface area contributed by atoms with Crippen LogP contribution in [0.2, 0.25) is 0 Å². The summed E-state index contributed by atoms with van der Waals surface area (Å²) in [6.45, 7) is 9.58. The van der Waals surface area contributed by atoms with Crippen LogP contribution in [0.5, 0.6) is 11.5 Å². The molecule has 4 atom stereocenters. The van der Waals surface area contributed by atoms with E-state index < -0.39 is 96.1 Å². The Morgan fingerprint density at radius 1 is 0.565 bits per heavy atom. The summed E-state index contributed by atoms with van der Waals surface area (Å²) < 4.78 is 14.0. The van der Waals surface area contributed by atoms with Crippen LogP contribution in [0.4, 0.5) is 11.4 Å². The third-order valence-electron chi connectivity index (χ3n) is 10.7. The molecule has 21 nitrogen and oxygen atoms in total. The van der Waals surface area contributed by atoms with Gasteiger partial charge in [0.05, 0.1) is 28.9 Å². The van der Waals surface area contributed by atoms with Crippen molar-refractivity contribution in [2.24, 2.45) is 0 Å². The maximum atomic E-state index is 13.1. The van der Waals surface area contributed by atoms with Crippen molar-refractivity contribution in [2.45, 2.75) is 52.1 Å². The lowest BCUT2D eigenvalue weighted by Crippen LogP contribution is -2.33. The summed E-state index contributed by atoms with van der Waals surface area (Å²) in [5.41, 5.74) is 1.50. The maximum Gasteiger partial charge on any atom is 0.377 e. The molecule has 0 saturated carbocycles. The highest BCUT2D eigenvalue weighted by Gasteiger charge is 2.40. The Hall–Kier alpha value is -8.14. The second kappa shape index (κ2) is 24.1. The van der Waals surface area contributed by atoms with Gasteiger partial charge < -0.3 is 75.1 Å². The summed E-state index contributed by atoms with van der Waals surface area (Å²) in [5.74, 6) is -9.52. The van der Waals surface area contributed by atoms with Crippen LogP contribution < -0.4 is 9.80 Å². The molecule has 4 aromatic rings. The first-order valence-corrected chi connectivity index (χ1v) is 21.2. The fourth-order valence-electron chi connectivity index (χ4n) is 6.89. The number of ketones is 2. The number of hydrogen-bond donors (Lipinski definition) is 10. The Balaban J connectivity index is 0.000000254. The minimum absolute atomic E-state index is 0.000376. The molecule has 368 valence electrons. The van der Waals surface area contributed by atoms with Gasteiger partial charge in [-0.15, -0.1) is 0 Å². The van der Waals surface area contributed by atoms with Crippen LogP contribution in [-0.4, -0.2) is 150 Å². The van der Waals surface area contributed by atoms with Crippen LogP contribution in [0, 0.1) is 0 Å². The van der Waals surface area contributed by atoms with E-state index in [9.17, 15) is 59.4 Å². The standard InChI is InChI=1S/C24H25NO9.C18H19NO4.C6H8O6/c1-3-25(4-2)13-9-10-16(17(26)11-13)19(28)14-7-5-6-8-15(14)23(31)33-12-18(27)22-20(29)21(30)24(32)34-22;1-3-19(4-2)12-9-10-15(16(20)11-12)17(21)13-7-5-6-8-14(13)18(22)23;7-1-2(8)5-3(9)4(10)6(11)12-5/h5-11,18,22,26-27,29-30H,3-4,12H2,1-2H3;5-11,20H,3-4H2,1-2H3,(H,22,23);2,5,7-10H,1H2. The van der Waals surface area contributed by atoms with E-state index in [1.165, 1.54) is 54.6 Å². The van der Waals surface area contributed by atoms with Gasteiger partial charge in [0.1, 0.15) is 30.3 Å². The van der Waals surface area contributed by atoms with Crippen LogP contribution in [0.25, 0.3) is 0 Å². The second-order valence-electron chi connectivity index (χ2n) is 14.8. The number of hydrogen-bond acceptors (Lipinski definition) is 20. The number of benzene rings is 4. The molecule has 0 amide bonds. The predicted octanol–water partition coefficient (Wildman–Crippen LogP) is 4.00. The fourth-order valence-corrected chi connectivity index (χ4v) is 6.89. The van der Waals surface area contributed by atoms with Gasteiger partial charge in [-0.2, -0.15) is 0 Å². The minimum atomic E-state index is -1.66. The van der Waals surface area contributed by atoms with Crippen molar-refractivity contribution in [3.05, 3.63) is 141 Å². The lowest BCUT2D eigenvalue weighted by Gasteiger charge is -2.21. The van der Waals surface area contributed by atoms with Gasteiger partial charge in [-0.3, -0.25) is 9.59 Å². The summed E-state index contributed by atoms with van der Waals surface area (Å²) >= 11 is 0. The first-order chi connectivity index (χ1) is 32.8. The summed E-state index contributed by atoms with van der Waals surface area (Å²) in [6.07, 6.45) is -6.02. The molecule has 69 heavy (non-hydrogen) atoms. The van der Waals surface area contributed by atoms with Crippen molar-refractivity contribution >= 4 is 46.8 Å². The molecule has 0 saturated heterocycles. The zero-order valence-corrected chi connectivity index (χ0v) is 37.7. The van der Waals surface area contributed by atoms with E-state index in [4.69, 9.17) is 25.2 Å². The van der Waals surface area contributed by atoms with Crippen LogP contribution in [0.3, 0.4) is 0 Å². The zero-order chi connectivity index (χ0) is 51.3. The van der Waals surface area contributed by atoms with Gasteiger partial charge in [-0.05, 0) is 64.1 Å². The number of aliphatic hydroxyl groups excluding tert-OH is 7. The third kappa shape index (κ3) is 12.5. The second-order valence-corrected chi connectivity index (χ2v) is 14.8. The maximum absolute atomic E-state index is 13.1. The smallest absolute Gasteiger partial charge is 0.377 e. The van der Waals surface area contributed by atoms with Crippen molar-refractivity contribution < 1.29 is 94.0 Å². The van der Waals surface area contributed by atoms with Gasteiger partial charge in [0.2, 0.25) is 11.5 Å². The molecule has 4 unspecified atom stereocenters. The molecule has 0 bridgehead atoms. The molecule has 0 aliphatic carbocycles. The van der Waals surface area contributed by atoms with E-state index >= 15 is 0 Å². The highest BCUT2D eigenvalue weighted by molar-refractivity contribution is 6.16.